The predicted octanol–water partition coefficient (Wildman–Crippen LogP) is 3.35. The third kappa shape index (κ3) is 4.41. The molecule has 0 bridgehead atoms. The molecule has 0 saturated carbocycles. The van der Waals surface area contributed by atoms with Crippen molar-refractivity contribution in [3.05, 3.63) is 40.3 Å². The number of hydrogen-bond donors (Lipinski definition) is 2. The summed E-state index contributed by atoms with van der Waals surface area (Å²) >= 11 is 4.94. The summed E-state index contributed by atoms with van der Waals surface area (Å²) in [7, 11) is 0. The van der Waals surface area contributed by atoms with E-state index in [-0.39, 0.29) is 6.47 Å². The van der Waals surface area contributed by atoms with Gasteiger partial charge in [0.2, 0.25) is 0 Å². The lowest BCUT2D eigenvalue weighted by molar-refractivity contribution is -0.122. The standard InChI is InChI=1S/C9H7BrN2S.CH2O2/c10-8-6-11-9(13-8)12-7-4-2-1-3-5-7;2-1-3/h1-6H,(H,11,12);1H,(H,2,3). The predicted molar refractivity (Wildman–Crippen MR) is 68.2 cm³/mol. The van der Waals surface area contributed by atoms with Crippen LogP contribution in [0, 0.1) is 0 Å². The van der Waals surface area contributed by atoms with Crippen LogP contribution in [0.5, 0.6) is 0 Å². The second kappa shape index (κ2) is 6.97. The monoisotopic (exact) mass is 300 g/mol. The van der Waals surface area contributed by atoms with E-state index < -0.39 is 0 Å². The van der Waals surface area contributed by atoms with Crippen molar-refractivity contribution in [2.45, 2.75) is 0 Å². The summed E-state index contributed by atoms with van der Waals surface area (Å²) in [5.41, 5.74) is 1.06. The van der Waals surface area contributed by atoms with Crippen LogP contribution in [0.15, 0.2) is 40.3 Å². The average molecular weight is 301 g/mol. The van der Waals surface area contributed by atoms with Gasteiger partial charge in [-0.05, 0) is 28.1 Å². The number of para-hydroxylation sites is 1. The van der Waals surface area contributed by atoms with Crippen LogP contribution in [0.25, 0.3) is 0 Å². The zero-order valence-electron chi connectivity index (χ0n) is 8.13. The van der Waals surface area contributed by atoms with E-state index in [0.29, 0.717) is 0 Å². The van der Waals surface area contributed by atoms with Crippen LogP contribution in [0.3, 0.4) is 0 Å². The molecule has 0 radical (unpaired) electrons. The first-order chi connectivity index (χ1) is 7.76. The van der Waals surface area contributed by atoms with Crippen molar-refractivity contribution >= 4 is 44.6 Å². The van der Waals surface area contributed by atoms with Gasteiger partial charge in [0.15, 0.2) is 5.13 Å². The lowest BCUT2D eigenvalue weighted by atomic mass is 10.3. The fourth-order valence-corrected chi connectivity index (χ4v) is 2.08. The summed E-state index contributed by atoms with van der Waals surface area (Å²) in [4.78, 5) is 12.5. The fraction of sp³-hybridized carbons (Fsp3) is 0. The molecular formula is C10H9BrN2O2S. The molecule has 1 heterocycles. The first-order valence-corrected chi connectivity index (χ1v) is 5.88. The number of nitrogens with zero attached hydrogens (tertiary/aromatic N) is 1. The number of nitrogens with one attached hydrogen (secondary N) is 1. The summed E-state index contributed by atoms with van der Waals surface area (Å²) in [5.74, 6) is 0. The van der Waals surface area contributed by atoms with Gasteiger partial charge >= 0.3 is 0 Å². The second-order valence-corrected chi connectivity index (χ2v) is 4.98. The number of anilines is 2. The largest absolute Gasteiger partial charge is 0.483 e. The number of thiazole rings is 1. The Kier molecular flexibility index (Phi) is 5.52. The molecule has 0 amide bonds. The summed E-state index contributed by atoms with van der Waals surface area (Å²) < 4.78 is 1.03. The summed E-state index contributed by atoms with van der Waals surface area (Å²) in [5, 5.41) is 11.0. The summed E-state index contributed by atoms with van der Waals surface area (Å²) in [6.07, 6.45) is 1.79. The molecule has 0 aliphatic heterocycles. The number of carboxylic acid groups (broad SMARTS) is 1. The Bertz CT molecular complexity index is 433. The van der Waals surface area contributed by atoms with Crippen LogP contribution in [0.2, 0.25) is 0 Å². The maximum Gasteiger partial charge on any atom is 0.290 e. The van der Waals surface area contributed by atoms with Crippen molar-refractivity contribution in [2.24, 2.45) is 0 Å². The average Bonchev–Trinajstić information content (AvgIpc) is 2.67. The zero-order valence-corrected chi connectivity index (χ0v) is 10.5. The Morgan fingerprint density at radius 1 is 1.38 bits per heavy atom. The Labute approximate surface area is 105 Å². The van der Waals surface area contributed by atoms with Crippen molar-refractivity contribution in [3.8, 4) is 0 Å². The molecule has 1 aromatic carbocycles. The molecule has 1 aromatic heterocycles. The van der Waals surface area contributed by atoms with Crippen molar-refractivity contribution in [1.82, 2.24) is 4.98 Å². The third-order valence-electron chi connectivity index (χ3n) is 1.50. The van der Waals surface area contributed by atoms with E-state index in [1.54, 1.807) is 17.5 Å². The quantitative estimate of drug-likeness (QED) is 0.835. The molecule has 0 atom stereocenters. The molecule has 2 N–H and O–H groups in total. The molecule has 0 unspecified atom stereocenters. The molecule has 16 heavy (non-hydrogen) atoms. The second-order valence-electron chi connectivity index (χ2n) is 2.57. The molecule has 4 nitrogen and oxygen atoms in total. The summed E-state index contributed by atoms with van der Waals surface area (Å²) in [6, 6.07) is 9.99. The van der Waals surface area contributed by atoms with E-state index in [1.165, 1.54) is 0 Å². The highest BCUT2D eigenvalue weighted by atomic mass is 79.9. The number of carbonyl (C=O) groups is 1. The van der Waals surface area contributed by atoms with Crippen molar-refractivity contribution in [1.29, 1.82) is 0 Å². The number of hydrogen-bond acceptors (Lipinski definition) is 4. The smallest absolute Gasteiger partial charge is 0.290 e. The van der Waals surface area contributed by atoms with Crippen molar-refractivity contribution < 1.29 is 9.90 Å². The van der Waals surface area contributed by atoms with E-state index in [9.17, 15) is 0 Å². The SMILES string of the molecule is Brc1cnc(Nc2ccccc2)s1.O=CO. The van der Waals surface area contributed by atoms with Gasteiger partial charge in [-0.25, -0.2) is 4.98 Å². The number of benzene rings is 1. The minimum Gasteiger partial charge on any atom is -0.483 e. The van der Waals surface area contributed by atoms with Crippen molar-refractivity contribution in [2.75, 3.05) is 5.32 Å². The van der Waals surface area contributed by atoms with Gasteiger partial charge in [-0.3, -0.25) is 4.79 Å². The highest BCUT2D eigenvalue weighted by Gasteiger charge is 1.98. The topological polar surface area (TPSA) is 62.2 Å². The summed E-state index contributed by atoms with van der Waals surface area (Å²) in [6.45, 7) is -0.250. The number of aromatic nitrogens is 1. The van der Waals surface area contributed by atoms with Crippen LogP contribution in [0.1, 0.15) is 0 Å². The Hall–Kier alpha value is -1.40. The molecule has 84 valence electrons. The first kappa shape index (κ1) is 12.7. The van der Waals surface area contributed by atoms with Crippen LogP contribution >= 0.6 is 27.3 Å². The van der Waals surface area contributed by atoms with Gasteiger partial charge in [-0.1, -0.05) is 29.5 Å². The lowest BCUT2D eigenvalue weighted by Gasteiger charge is -1.99. The van der Waals surface area contributed by atoms with Crippen LogP contribution in [-0.2, 0) is 4.79 Å². The molecule has 0 spiro atoms. The molecule has 2 aromatic rings. The van der Waals surface area contributed by atoms with E-state index >= 15 is 0 Å². The molecule has 0 aliphatic rings. The number of halogens is 1. The van der Waals surface area contributed by atoms with E-state index in [2.05, 4.69) is 26.2 Å². The van der Waals surface area contributed by atoms with Crippen LogP contribution in [-0.4, -0.2) is 16.6 Å². The normalized spacial score (nSPS) is 8.81. The van der Waals surface area contributed by atoms with Gasteiger partial charge in [0.05, 0.1) is 9.98 Å². The van der Waals surface area contributed by atoms with E-state index in [4.69, 9.17) is 9.90 Å². The van der Waals surface area contributed by atoms with Gasteiger partial charge in [0, 0.05) is 5.69 Å². The van der Waals surface area contributed by atoms with Crippen LogP contribution < -0.4 is 5.32 Å². The minimum atomic E-state index is -0.250. The van der Waals surface area contributed by atoms with Gasteiger partial charge in [-0.2, -0.15) is 0 Å². The molecular weight excluding hydrogens is 292 g/mol. The molecule has 6 heteroatoms. The van der Waals surface area contributed by atoms with Crippen molar-refractivity contribution in [3.63, 3.8) is 0 Å². The maximum absolute atomic E-state index is 8.36. The highest BCUT2D eigenvalue weighted by Crippen LogP contribution is 2.25. The highest BCUT2D eigenvalue weighted by molar-refractivity contribution is 9.11. The molecule has 0 saturated heterocycles. The molecule has 2 rings (SSSR count). The van der Waals surface area contributed by atoms with E-state index in [1.807, 2.05) is 30.3 Å². The van der Waals surface area contributed by atoms with Gasteiger partial charge in [0.25, 0.3) is 6.47 Å². The van der Waals surface area contributed by atoms with Crippen LogP contribution in [0.4, 0.5) is 10.8 Å². The third-order valence-corrected chi connectivity index (χ3v) is 2.89. The maximum atomic E-state index is 8.36. The van der Waals surface area contributed by atoms with Gasteiger partial charge in [0.1, 0.15) is 0 Å². The number of rotatable bonds is 2. The fourth-order valence-electron chi connectivity index (χ4n) is 0.957. The van der Waals surface area contributed by atoms with Gasteiger partial charge in [-0.15, -0.1) is 0 Å². The first-order valence-electron chi connectivity index (χ1n) is 4.27. The Morgan fingerprint density at radius 2 is 2.00 bits per heavy atom. The van der Waals surface area contributed by atoms with Gasteiger partial charge < -0.3 is 10.4 Å². The van der Waals surface area contributed by atoms with E-state index in [0.717, 1.165) is 14.6 Å². The minimum absolute atomic E-state index is 0.250. The molecule has 0 aliphatic carbocycles. The zero-order chi connectivity index (χ0) is 11.8. The Morgan fingerprint density at radius 3 is 2.50 bits per heavy atom. The Balaban J connectivity index is 0.000000386. The lowest BCUT2D eigenvalue weighted by Crippen LogP contribution is -1.87. The molecule has 0 fully saturated rings.